The van der Waals surface area contributed by atoms with E-state index in [1.165, 1.54) is 11.8 Å². The molecule has 5 atom stereocenters. The van der Waals surface area contributed by atoms with Crippen LogP contribution in [-0.2, 0) is 21.4 Å². The minimum absolute atomic E-state index is 0.0207. The highest BCUT2D eigenvalue weighted by Gasteiger charge is 2.76. The van der Waals surface area contributed by atoms with Gasteiger partial charge in [-0.25, -0.2) is 0 Å². The number of fused-ring (bicyclic) bond motifs is 1. The number of ether oxygens (including phenoxy) is 2. The zero-order valence-corrected chi connectivity index (χ0v) is 20.6. The third-order valence-corrected chi connectivity index (χ3v) is 9.35. The van der Waals surface area contributed by atoms with Crippen molar-refractivity contribution in [2.24, 2.45) is 0 Å². The topological polar surface area (TPSA) is 96.4 Å². The summed E-state index contributed by atoms with van der Waals surface area (Å²) < 4.78 is 13.0. The first-order valence-electron chi connectivity index (χ1n) is 12.9. The summed E-state index contributed by atoms with van der Waals surface area (Å²) in [7, 11) is 0. The monoisotopic (exact) mass is 500 g/mol. The van der Waals surface area contributed by atoms with Crippen LogP contribution >= 0.6 is 0 Å². The minimum Gasteiger partial charge on any atom is -0.504 e. The van der Waals surface area contributed by atoms with E-state index in [-0.39, 0.29) is 29.6 Å². The number of hydrogen-bond donors (Lipinski definition) is 1. The Morgan fingerprint density at radius 2 is 1.92 bits per heavy atom. The summed E-state index contributed by atoms with van der Waals surface area (Å²) in [6, 6.07) is 9.75. The highest BCUT2D eigenvalue weighted by molar-refractivity contribution is 6.21. The number of carbonyl (C=O) groups is 3. The van der Waals surface area contributed by atoms with Crippen LogP contribution in [-0.4, -0.2) is 69.6 Å². The molecule has 2 amide bonds. The number of carbonyl (C=O) groups excluding carboxylic acids is 3. The summed E-state index contributed by atoms with van der Waals surface area (Å²) in [5.74, 6) is -0.629. The first-order chi connectivity index (χ1) is 17.8. The molecule has 1 saturated heterocycles. The smallest absolute Gasteiger partial charge is 0.303 e. The molecule has 5 aliphatic rings. The van der Waals surface area contributed by atoms with Crippen LogP contribution in [0.25, 0.3) is 0 Å². The quantitative estimate of drug-likeness (QED) is 0.392. The predicted octanol–water partition coefficient (Wildman–Crippen LogP) is 2.97. The SMILES string of the molecule is C=CCN1CC[C@]23c4c5ccc(O)c4O[C@H]2[C@H](N2C(=O)c4ccccc4C2=O)CCC3(OC(C)=O)[C@H]1C5. The van der Waals surface area contributed by atoms with Gasteiger partial charge in [-0.1, -0.05) is 24.3 Å². The van der Waals surface area contributed by atoms with E-state index in [1.807, 2.05) is 12.1 Å². The molecule has 1 spiro atoms. The van der Waals surface area contributed by atoms with Crippen molar-refractivity contribution in [3.8, 4) is 11.5 Å². The molecular weight excluding hydrogens is 472 g/mol. The normalized spacial score (nSPS) is 33.0. The molecule has 2 aromatic carbocycles. The van der Waals surface area contributed by atoms with Crippen molar-refractivity contribution in [3.05, 3.63) is 71.3 Å². The van der Waals surface area contributed by atoms with Crippen LogP contribution in [0.3, 0.4) is 0 Å². The summed E-state index contributed by atoms with van der Waals surface area (Å²) in [6.07, 6.45) is 3.34. The molecule has 3 aliphatic heterocycles. The van der Waals surface area contributed by atoms with E-state index >= 15 is 0 Å². The molecule has 0 radical (unpaired) electrons. The lowest BCUT2D eigenvalue weighted by atomic mass is 9.48. The van der Waals surface area contributed by atoms with Gasteiger partial charge < -0.3 is 14.6 Å². The number of phenolic OH excluding ortho intramolecular Hbond substituents is 1. The number of aromatic hydroxyl groups is 1. The van der Waals surface area contributed by atoms with Crippen LogP contribution in [0, 0.1) is 0 Å². The second kappa shape index (κ2) is 7.44. The molecule has 7 rings (SSSR count). The molecule has 2 aromatic rings. The number of imide groups is 1. The summed E-state index contributed by atoms with van der Waals surface area (Å²) in [5.41, 5.74) is 0.966. The van der Waals surface area contributed by atoms with Crippen molar-refractivity contribution >= 4 is 17.8 Å². The summed E-state index contributed by atoms with van der Waals surface area (Å²) in [4.78, 5) is 43.5. The Hall–Kier alpha value is -3.65. The number of rotatable bonds is 4. The van der Waals surface area contributed by atoms with Crippen molar-refractivity contribution in [3.63, 3.8) is 0 Å². The number of benzene rings is 2. The van der Waals surface area contributed by atoms with Crippen molar-refractivity contribution < 1.29 is 29.0 Å². The van der Waals surface area contributed by atoms with E-state index in [4.69, 9.17) is 9.47 Å². The number of esters is 1. The van der Waals surface area contributed by atoms with Crippen molar-refractivity contribution in [1.82, 2.24) is 9.80 Å². The van der Waals surface area contributed by atoms with Crippen LogP contribution in [0.15, 0.2) is 49.1 Å². The van der Waals surface area contributed by atoms with Gasteiger partial charge in [-0.05, 0) is 49.4 Å². The number of likely N-dealkylation sites (tertiary alicyclic amines) is 1. The van der Waals surface area contributed by atoms with Gasteiger partial charge in [0.1, 0.15) is 11.7 Å². The maximum absolute atomic E-state index is 13.6. The van der Waals surface area contributed by atoms with Gasteiger partial charge in [0.05, 0.1) is 28.6 Å². The van der Waals surface area contributed by atoms with Gasteiger partial charge >= 0.3 is 5.97 Å². The number of phenols is 1. The molecule has 8 nitrogen and oxygen atoms in total. The molecule has 1 unspecified atom stereocenters. The number of nitrogens with zero attached hydrogens (tertiary/aromatic N) is 2. The molecular formula is C29H28N2O6. The van der Waals surface area contributed by atoms with Gasteiger partial charge in [-0.3, -0.25) is 24.2 Å². The fraction of sp³-hybridized carbons (Fsp3) is 0.414. The third-order valence-electron chi connectivity index (χ3n) is 9.35. The molecule has 2 fully saturated rings. The van der Waals surface area contributed by atoms with Crippen LogP contribution in [0.2, 0.25) is 0 Å². The standard InChI is InChI=1S/C29H28N2O6/c1-3-13-30-14-12-28-23-17-8-9-21(33)24(23)36-25(28)20(10-11-29(28,22(30)15-17)37-16(2)32)31-26(34)18-6-4-5-7-19(18)27(31)35/h3-9,20,22,25,33H,1,10-15H2,2H3/t20-,22-,25+,28+,29?/m1/s1. The Labute approximate surface area is 214 Å². The molecule has 1 N–H and O–H groups in total. The summed E-state index contributed by atoms with van der Waals surface area (Å²) in [6.45, 7) is 6.73. The van der Waals surface area contributed by atoms with Crippen LogP contribution in [0.5, 0.6) is 11.5 Å². The van der Waals surface area contributed by atoms with Gasteiger partial charge in [-0.15, -0.1) is 6.58 Å². The Bertz CT molecular complexity index is 1370. The lowest BCUT2D eigenvalue weighted by Gasteiger charge is -2.65. The largest absolute Gasteiger partial charge is 0.504 e. The fourth-order valence-electron chi connectivity index (χ4n) is 8.20. The maximum Gasteiger partial charge on any atom is 0.303 e. The lowest BCUT2D eigenvalue weighted by Crippen LogP contribution is -2.79. The van der Waals surface area contributed by atoms with E-state index in [9.17, 15) is 19.5 Å². The van der Waals surface area contributed by atoms with E-state index in [1.54, 1.807) is 30.3 Å². The molecule has 1 saturated carbocycles. The van der Waals surface area contributed by atoms with Gasteiger partial charge in [0.15, 0.2) is 11.5 Å². The minimum atomic E-state index is -0.925. The number of hydrogen-bond acceptors (Lipinski definition) is 7. The molecule has 0 aromatic heterocycles. The van der Waals surface area contributed by atoms with E-state index in [2.05, 4.69) is 11.5 Å². The highest BCUT2D eigenvalue weighted by atomic mass is 16.6. The van der Waals surface area contributed by atoms with Crippen LogP contribution in [0.4, 0.5) is 0 Å². The van der Waals surface area contributed by atoms with Gasteiger partial charge in [0, 0.05) is 25.6 Å². The van der Waals surface area contributed by atoms with E-state index in [0.29, 0.717) is 55.6 Å². The number of amides is 2. The average molecular weight is 501 g/mol. The van der Waals surface area contributed by atoms with Crippen molar-refractivity contribution in [2.75, 3.05) is 13.1 Å². The highest BCUT2D eigenvalue weighted by Crippen LogP contribution is 2.67. The second-order valence-corrected chi connectivity index (χ2v) is 10.8. The summed E-state index contributed by atoms with van der Waals surface area (Å²) >= 11 is 0. The Morgan fingerprint density at radius 1 is 1.19 bits per heavy atom. The molecule has 2 bridgehead atoms. The van der Waals surface area contributed by atoms with Gasteiger partial charge in [-0.2, -0.15) is 0 Å². The van der Waals surface area contributed by atoms with Crippen molar-refractivity contribution in [1.29, 1.82) is 0 Å². The zero-order chi connectivity index (χ0) is 25.7. The molecule has 190 valence electrons. The average Bonchev–Trinajstić information content (AvgIpc) is 3.35. The lowest BCUT2D eigenvalue weighted by molar-refractivity contribution is -0.220. The van der Waals surface area contributed by atoms with Crippen LogP contribution < -0.4 is 4.74 Å². The van der Waals surface area contributed by atoms with Crippen LogP contribution in [0.1, 0.15) is 58.0 Å². The first-order valence-corrected chi connectivity index (χ1v) is 12.9. The van der Waals surface area contributed by atoms with Crippen molar-refractivity contribution in [2.45, 2.75) is 61.8 Å². The Balaban J connectivity index is 1.43. The maximum atomic E-state index is 13.6. The van der Waals surface area contributed by atoms with E-state index in [0.717, 1.165) is 11.1 Å². The van der Waals surface area contributed by atoms with Gasteiger partial charge in [0.2, 0.25) is 0 Å². The fourth-order valence-corrected chi connectivity index (χ4v) is 8.20. The van der Waals surface area contributed by atoms with Gasteiger partial charge in [0.25, 0.3) is 11.8 Å². The molecule has 8 heteroatoms. The third kappa shape index (κ3) is 2.59. The first kappa shape index (κ1) is 22.5. The Morgan fingerprint density at radius 3 is 2.59 bits per heavy atom. The molecule has 3 heterocycles. The molecule has 37 heavy (non-hydrogen) atoms. The summed E-state index contributed by atoms with van der Waals surface area (Å²) in [5, 5.41) is 10.9. The van der Waals surface area contributed by atoms with E-state index < -0.39 is 23.2 Å². The second-order valence-electron chi connectivity index (χ2n) is 10.8. The Kier molecular flexibility index (Phi) is 4.54. The number of piperidine rings is 1. The molecule has 2 aliphatic carbocycles. The zero-order valence-electron chi connectivity index (χ0n) is 20.6. The predicted molar refractivity (Wildman–Crippen MR) is 133 cm³/mol.